The fraction of sp³-hybridized carbons (Fsp3) is 0.500. The van der Waals surface area contributed by atoms with Crippen molar-refractivity contribution in [1.82, 2.24) is 10.2 Å². The molecule has 0 radical (unpaired) electrons. The van der Waals surface area contributed by atoms with E-state index in [4.69, 9.17) is 9.15 Å². The summed E-state index contributed by atoms with van der Waals surface area (Å²) >= 11 is 3.21. The molecule has 118 valence electrons. The predicted octanol–water partition coefficient (Wildman–Crippen LogP) is 2.32. The number of carbonyl (C=O) groups excluding carboxylic acids is 1. The van der Waals surface area contributed by atoms with Gasteiger partial charge in [-0.1, -0.05) is 0 Å². The molecule has 1 amide bonds. The lowest BCUT2D eigenvalue weighted by Gasteiger charge is -2.26. The molecule has 1 fully saturated rings. The molecule has 0 spiro atoms. The molecular weight excluding hydrogens is 360 g/mol. The minimum Gasteiger partial charge on any atom is -0.450 e. The Morgan fingerprint density at radius 3 is 2.81 bits per heavy atom. The van der Waals surface area contributed by atoms with Crippen LogP contribution < -0.4 is 5.32 Å². The van der Waals surface area contributed by atoms with Gasteiger partial charge in [-0.3, -0.25) is 9.69 Å². The smallest absolute Gasteiger partial charge is 0.244 e. The van der Waals surface area contributed by atoms with E-state index >= 15 is 0 Å². The van der Waals surface area contributed by atoms with Crippen molar-refractivity contribution in [2.75, 3.05) is 39.4 Å². The Balaban J connectivity index is 0.00000220. The van der Waals surface area contributed by atoms with Gasteiger partial charge in [-0.2, -0.15) is 0 Å². The molecule has 1 aromatic heterocycles. The highest BCUT2D eigenvalue weighted by atomic mass is 79.9. The fourth-order valence-electron chi connectivity index (χ4n) is 1.97. The standard InChI is InChI=1S/C14H19BrN2O3.ClH/c15-13-4-2-12(20-13)3-5-14(18)16-6-1-7-17-8-10-19-11-9-17;/h2-5H,1,6-11H2,(H,16,18);1H/b5-3+;. The van der Waals surface area contributed by atoms with Gasteiger partial charge in [0, 0.05) is 25.7 Å². The van der Waals surface area contributed by atoms with E-state index in [2.05, 4.69) is 26.1 Å². The molecule has 5 nitrogen and oxygen atoms in total. The van der Waals surface area contributed by atoms with Crippen molar-refractivity contribution in [3.05, 3.63) is 28.6 Å². The van der Waals surface area contributed by atoms with Gasteiger partial charge in [0.15, 0.2) is 4.67 Å². The van der Waals surface area contributed by atoms with Crippen LogP contribution in [0.3, 0.4) is 0 Å². The second kappa shape index (κ2) is 10.00. The summed E-state index contributed by atoms with van der Waals surface area (Å²) in [6, 6.07) is 3.59. The number of nitrogens with zero attached hydrogens (tertiary/aromatic N) is 1. The van der Waals surface area contributed by atoms with E-state index in [-0.39, 0.29) is 18.3 Å². The Kier molecular flexibility index (Phi) is 8.68. The fourth-order valence-corrected chi connectivity index (χ4v) is 2.29. The van der Waals surface area contributed by atoms with Crippen molar-refractivity contribution < 1.29 is 13.9 Å². The molecule has 1 saturated heterocycles. The zero-order valence-electron chi connectivity index (χ0n) is 11.7. The van der Waals surface area contributed by atoms with Gasteiger partial charge >= 0.3 is 0 Å². The van der Waals surface area contributed by atoms with Crippen molar-refractivity contribution in [2.45, 2.75) is 6.42 Å². The molecule has 2 heterocycles. The molecule has 0 aliphatic carbocycles. The maximum absolute atomic E-state index is 11.6. The van der Waals surface area contributed by atoms with Gasteiger partial charge in [0.25, 0.3) is 0 Å². The zero-order valence-corrected chi connectivity index (χ0v) is 14.1. The molecule has 0 aromatic carbocycles. The SMILES string of the molecule is Cl.O=C(/C=C/c1ccc(Br)o1)NCCCN1CCOCC1. The maximum atomic E-state index is 11.6. The topological polar surface area (TPSA) is 54.7 Å². The van der Waals surface area contributed by atoms with Gasteiger partial charge in [0.1, 0.15) is 5.76 Å². The average Bonchev–Trinajstić information content (AvgIpc) is 2.88. The average molecular weight is 380 g/mol. The van der Waals surface area contributed by atoms with E-state index in [0.29, 0.717) is 17.0 Å². The highest BCUT2D eigenvalue weighted by Crippen LogP contribution is 2.14. The summed E-state index contributed by atoms with van der Waals surface area (Å²) in [4.78, 5) is 13.9. The van der Waals surface area contributed by atoms with Crippen LogP contribution in [0.25, 0.3) is 6.08 Å². The number of ether oxygens (including phenoxy) is 1. The van der Waals surface area contributed by atoms with Crippen LogP contribution in [0.5, 0.6) is 0 Å². The van der Waals surface area contributed by atoms with Crippen molar-refractivity contribution in [3.63, 3.8) is 0 Å². The largest absolute Gasteiger partial charge is 0.450 e. The third-order valence-electron chi connectivity index (χ3n) is 3.05. The van der Waals surface area contributed by atoms with Crippen LogP contribution in [0.15, 0.2) is 27.3 Å². The minimum absolute atomic E-state index is 0. The number of furan rings is 1. The maximum Gasteiger partial charge on any atom is 0.244 e. The first-order chi connectivity index (χ1) is 9.74. The number of amides is 1. The summed E-state index contributed by atoms with van der Waals surface area (Å²) in [5.41, 5.74) is 0. The summed E-state index contributed by atoms with van der Waals surface area (Å²) in [5.74, 6) is 0.555. The number of morpholine rings is 1. The summed E-state index contributed by atoms with van der Waals surface area (Å²) in [6.45, 7) is 5.28. The van der Waals surface area contributed by atoms with Crippen LogP contribution in [0, 0.1) is 0 Å². The van der Waals surface area contributed by atoms with Crippen molar-refractivity contribution in [3.8, 4) is 0 Å². The second-order valence-corrected chi connectivity index (χ2v) is 5.36. The molecule has 21 heavy (non-hydrogen) atoms. The van der Waals surface area contributed by atoms with Gasteiger partial charge in [-0.25, -0.2) is 0 Å². The van der Waals surface area contributed by atoms with Gasteiger partial charge in [0.05, 0.1) is 13.2 Å². The van der Waals surface area contributed by atoms with E-state index < -0.39 is 0 Å². The van der Waals surface area contributed by atoms with Crippen LogP contribution in [0.2, 0.25) is 0 Å². The molecule has 1 N–H and O–H groups in total. The van der Waals surface area contributed by atoms with E-state index in [0.717, 1.165) is 39.3 Å². The number of hydrogen-bond acceptors (Lipinski definition) is 4. The molecule has 1 aromatic rings. The zero-order chi connectivity index (χ0) is 14.2. The molecule has 0 atom stereocenters. The normalized spacial score (nSPS) is 15.9. The quantitative estimate of drug-likeness (QED) is 0.609. The molecule has 1 aliphatic rings. The van der Waals surface area contributed by atoms with Gasteiger partial charge in [-0.15, -0.1) is 12.4 Å². The minimum atomic E-state index is -0.0977. The van der Waals surface area contributed by atoms with Gasteiger partial charge in [-0.05, 0) is 47.1 Å². The summed E-state index contributed by atoms with van der Waals surface area (Å²) in [7, 11) is 0. The van der Waals surface area contributed by atoms with Gasteiger partial charge in [0.2, 0.25) is 5.91 Å². The Labute approximate surface area is 139 Å². The van der Waals surface area contributed by atoms with Gasteiger partial charge < -0.3 is 14.5 Å². The lowest BCUT2D eigenvalue weighted by atomic mass is 10.3. The highest BCUT2D eigenvalue weighted by molar-refractivity contribution is 9.10. The molecule has 2 rings (SSSR count). The van der Waals surface area contributed by atoms with E-state index in [1.807, 2.05) is 0 Å². The monoisotopic (exact) mass is 378 g/mol. The van der Waals surface area contributed by atoms with Crippen LogP contribution in [0.4, 0.5) is 0 Å². The number of carbonyl (C=O) groups is 1. The third-order valence-corrected chi connectivity index (χ3v) is 3.47. The van der Waals surface area contributed by atoms with E-state index in [1.165, 1.54) is 6.08 Å². The molecule has 0 unspecified atom stereocenters. The lowest BCUT2D eigenvalue weighted by Crippen LogP contribution is -2.38. The predicted molar refractivity (Wildman–Crippen MR) is 87.6 cm³/mol. The van der Waals surface area contributed by atoms with Crippen molar-refractivity contribution in [2.24, 2.45) is 0 Å². The summed E-state index contributed by atoms with van der Waals surface area (Å²) < 4.78 is 11.2. The van der Waals surface area contributed by atoms with Crippen molar-refractivity contribution in [1.29, 1.82) is 0 Å². The molecule has 0 bridgehead atoms. The second-order valence-electron chi connectivity index (χ2n) is 4.57. The summed E-state index contributed by atoms with van der Waals surface area (Å²) in [6.07, 6.45) is 4.09. The third kappa shape index (κ3) is 7.13. The molecule has 7 heteroatoms. The first kappa shape index (κ1) is 18.2. The number of halogens is 2. The number of nitrogens with one attached hydrogen (secondary N) is 1. The van der Waals surface area contributed by atoms with Crippen LogP contribution in [-0.2, 0) is 9.53 Å². The van der Waals surface area contributed by atoms with Crippen LogP contribution in [0.1, 0.15) is 12.2 Å². The Morgan fingerprint density at radius 2 is 2.14 bits per heavy atom. The summed E-state index contributed by atoms with van der Waals surface area (Å²) in [5, 5.41) is 2.86. The molecule has 0 saturated carbocycles. The van der Waals surface area contributed by atoms with Crippen LogP contribution >= 0.6 is 28.3 Å². The Hall–Kier alpha value is -0.820. The Bertz CT molecular complexity index is 459. The first-order valence-electron chi connectivity index (χ1n) is 6.75. The number of rotatable bonds is 6. The Morgan fingerprint density at radius 1 is 1.38 bits per heavy atom. The van der Waals surface area contributed by atoms with Crippen molar-refractivity contribution >= 4 is 40.3 Å². The first-order valence-corrected chi connectivity index (χ1v) is 7.55. The molecular formula is C14H20BrClN2O3. The molecule has 1 aliphatic heterocycles. The lowest BCUT2D eigenvalue weighted by molar-refractivity contribution is -0.116. The van der Waals surface area contributed by atoms with E-state index in [9.17, 15) is 4.79 Å². The highest BCUT2D eigenvalue weighted by Gasteiger charge is 2.09. The van der Waals surface area contributed by atoms with Crippen LogP contribution in [-0.4, -0.2) is 50.2 Å². The van der Waals surface area contributed by atoms with E-state index in [1.54, 1.807) is 18.2 Å². The number of hydrogen-bond donors (Lipinski definition) is 1.